The van der Waals surface area contributed by atoms with Crippen LogP contribution in [0.5, 0.6) is 6.01 Å². The Morgan fingerprint density at radius 3 is 2.55 bits per heavy atom. The molecule has 3 N–H and O–H groups in total. The first-order valence-electron chi connectivity index (χ1n) is 16.6. The van der Waals surface area contributed by atoms with Gasteiger partial charge >= 0.3 is 6.01 Å². The van der Waals surface area contributed by atoms with E-state index in [1.54, 1.807) is 13.8 Å². The number of halogens is 3. The number of ether oxygens (including phenoxy) is 2. The van der Waals surface area contributed by atoms with Crippen LogP contribution in [-0.2, 0) is 18.0 Å². The Morgan fingerprint density at radius 2 is 1.88 bits per heavy atom. The van der Waals surface area contributed by atoms with E-state index in [-0.39, 0.29) is 68.7 Å². The number of pyridine rings is 1. The Morgan fingerprint density at radius 1 is 1.14 bits per heavy atom. The Bertz CT molecular complexity index is 2000. The second-order valence-corrected chi connectivity index (χ2v) is 14.8. The topological polar surface area (TPSA) is 137 Å². The second kappa shape index (κ2) is 12.2. The zero-order valence-electron chi connectivity index (χ0n) is 27.4. The number of aromatic nitrogens is 3. The third-order valence-electron chi connectivity index (χ3n) is 10.5. The predicted molar refractivity (Wildman–Crippen MR) is 179 cm³/mol. The highest BCUT2D eigenvalue weighted by atomic mass is 32.1. The van der Waals surface area contributed by atoms with E-state index in [9.17, 15) is 14.8 Å². The van der Waals surface area contributed by atoms with Crippen molar-refractivity contribution in [2.24, 2.45) is 0 Å². The Kier molecular flexibility index (Phi) is 8.07. The molecule has 7 heterocycles. The molecule has 11 nitrogen and oxygen atoms in total. The first-order chi connectivity index (χ1) is 23.5. The summed E-state index contributed by atoms with van der Waals surface area (Å²) in [5.74, 6) is -0.862. The third-order valence-corrected chi connectivity index (χ3v) is 11.6. The lowest BCUT2D eigenvalue weighted by atomic mass is 9.93. The number of nitriles is 1. The van der Waals surface area contributed by atoms with Gasteiger partial charge in [-0.3, -0.25) is 14.8 Å². The van der Waals surface area contributed by atoms with Crippen molar-refractivity contribution < 1.29 is 27.8 Å². The molecule has 8 rings (SSSR count). The summed E-state index contributed by atoms with van der Waals surface area (Å²) in [7, 11) is 1.85. The van der Waals surface area contributed by atoms with E-state index in [1.807, 2.05) is 18.0 Å². The summed E-state index contributed by atoms with van der Waals surface area (Å²) in [6, 6.07) is 1.53. The SMILES string of the molecule is CC(Oc1nc(N2C3CCC2CN(C[C@@H](C)O)C3)c2c3c(c(-c4ncc(F)c5sc(N)c(C#N)c45)c(F)c2n1)COC3)[C@@H]1[C@@H](F)CCN1C. The number of benzene rings is 1. The molecule has 3 unspecified atom stereocenters. The lowest BCUT2D eigenvalue weighted by molar-refractivity contribution is 0.0775. The standard InChI is InChI=1S/C34H37F3N8O3S/c1-15(46)10-44-11-17-4-5-18(12-44)45(17)33-26-21-14-47-13-20(21)24(28-25-19(8-38)32(39)49-31(25)23(36)9-40-28)27(37)29(26)41-34(42-33)48-16(2)30-22(35)6-7-43(30)3/h9,15-18,22,30,46H,4-7,10-14,39H2,1-3H3/t15-,16?,17?,18?,22+,30-/m1/s1. The number of thiophene rings is 1. The fourth-order valence-corrected chi connectivity index (χ4v) is 9.46. The van der Waals surface area contributed by atoms with Crippen LogP contribution in [0.2, 0.25) is 0 Å². The number of hydrogen-bond acceptors (Lipinski definition) is 12. The number of aliphatic hydroxyl groups is 1. The van der Waals surface area contributed by atoms with Crippen LogP contribution in [-0.4, -0.2) is 99.6 Å². The third kappa shape index (κ3) is 5.18. The number of alkyl halides is 1. The fourth-order valence-electron chi connectivity index (χ4n) is 8.54. The molecule has 1 aromatic carbocycles. The number of aliphatic hydroxyl groups excluding tert-OH is 1. The van der Waals surface area contributed by atoms with Gasteiger partial charge < -0.3 is 25.2 Å². The molecule has 0 radical (unpaired) electrons. The summed E-state index contributed by atoms with van der Waals surface area (Å²) in [5.41, 5.74) is 7.49. The van der Waals surface area contributed by atoms with E-state index < -0.39 is 36.1 Å². The number of nitrogens with two attached hydrogens (primary N) is 1. The van der Waals surface area contributed by atoms with Gasteiger partial charge in [-0.05, 0) is 51.3 Å². The van der Waals surface area contributed by atoms with E-state index in [0.29, 0.717) is 54.9 Å². The lowest BCUT2D eigenvalue weighted by Crippen LogP contribution is -2.55. The summed E-state index contributed by atoms with van der Waals surface area (Å²) in [5, 5.41) is 20.8. The number of nitrogens with zero attached hydrogens (tertiary/aromatic N) is 7. The maximum atomic E-state index is 17.4. The predicted octanol–water partition coefficient (Wildman–Crippen LogP) is 4.51. The monoisotopic (exact) mass is 694 g/mol. The van der Waals surface area contributed by atoms with Gasteiger partial charge in [0, 0.05) is 49.2 Å². The van der Waals surface area contributed by atoms with Gasteiger partial charge in [-0.25, -0.2) is 13.2 Å². The molecule has 0 spiro atoms. The van der Waals surface area contributed by atoms with E-state index >= 15 is 8.78 Å². The van der Waals surface area contributed by atoms with Crippen LogP contribution in [0.3, 0.4) is 0 Å². The van der Waals surface area contributed by atoms with E-state index in [2.05, 4.69) is 19.8 Å². The van der Waals surface area contributed by atoms with E-state index in [1.165, 1.54) is 0 Å². The summed E-state index contributed by atoms with van der Waals surface area (Å²) in [6.07, 6.45) is 0.975. The molecule has 0 amide bonds. The molecule has 0 saturated carbocycles. The number of anilines is 2. The normalized spacial score (nSPS) is 25.3. The molecule has 3 aromatic heterocycles. The zero-order chi connectivity index (χ0) is 34.3. The molecule has 0 aliphatic carbocycles. The van der Waals surface area contributed by atoms with Gasteiger partial charge in [0.1, 0.15) is 34.7 Å². The lowest BCUT2D eigenvalue weighted by Gasteiger charge is -2.42. The number of likely N-dealkylation sites (N-methyl/N-ethyl adjacent to an activating group) is 1. The number of nitrogen functional groups attached to an aromatic ring is 1. The molecule has 258 valence electrons. The van der Waals surface area contributed by atoms with Crippen molar-refractivity contribution in [1.29, 1.82) is 5.26 Å². The van der Waals surface area contributed by atoms with Crippen molar-refractivity contribution in [3.63, 3.8) is 0 Å². The van der Waals surface area contributed by atoms with Gasteiger partial charge in [0.05, 0.1) is 52.9 Å². The van der Waals surface area contributed by atoms with Crippen LogP contribution < -0.4 is 15.4 Å². The quantitative estimate of drug-likeness (QED) is 0.283. The molecule has 6 atom stereocenters. The summed E-state index contributed by atoms with van der Waals surface area (Å²) >= 11 is 0.915. The minimum atomic E-state index is -1.10. The van der Waals surface area contributed by atoms with Crippen LogP contribution in [0.15, 0.2) is 6.20 Å². The number of rotatable bonds is 7. The number of fused-ring (bicyclic) bond motifs is 6. The molecule has 4 aliphatic rings. The Hall–Kier alpha value is -3.81. The first kappa shape index (κ1) is 32.4. The van der Waals surface area contributed by atoms with Crippen molar-refractivity contribution >= 4 is 43.1 Å². The average Bonchev–Trinajstić information content (AvgIpc) is 3.81. The fraction of sp³-hybridized carbons (Fsp3) is 0.529. The second-order valence-electron chi connectivity index (χ2n) is 13.8. The van der Waals surface area contributed by atoms with Gasteiger partial charge in [0.25, 0.3) is 0 Å². The van der Waals surface area contributed by atoms with Gasteiger partial charge in [-0.1, -0.05) is 0 Å². The van der Waals surface area contributed by atoms with Crippen LogP contribution in [0.25, 0.3) is 32.2 Å². The molecule has 3 fully saturated rings. The number of piperazine rings is 1. The van der Waals surface area contributed by atoms with Gasteiger partial charge in [0.2, 0.25) is 0 Å². The van der Waals surface area contributed by atoms with Crippen LogP contribution >= 0.6 is 11.3 Å². The highest BCUT2D eigenvalue weighted by molar-refractivity contribution is 7.23. The Labute approximate surface area is 285 Å². The van der Waals surface area contributed by atoms with Crippen molar-refractivity contribution in [3.8, 4) is 23.3 Å². The minimum Gasteiger partial charge on any atom is -0.459 e. The number of β-amino-alcohol motifs (C(OH)–C–C–N with tert-alkyl or cyclic N) is 1. The molecule has 4 aromatic rings. The van der Waals surface area contributed by atoms with Crippen LogP contribution in [0, 0.1) is 23.0 Å². The Balaban J connectivity index is 1.35. The molecule has 4 aliphatic heterocycles. The number of likely N-dealkylation sites (tertiary alicyclic amines) is 2. The first-order valence-corrected chi connectivity index (χ1v) is 17.5. The molecule has 49 heavy (non-hydrogen) atoms. The van der Waals surface area contributed by atoms with Crippen molar-refractivity contribution in [2.75, 3.05) is 43.9 Å². The summed E-state index contributed by atoms with van der Waals surface area (Å²) in [4.78, 5) is 20.4. The largest absolute Gasteiger partial charge is 0.459 e. The maximum absolute atomic E-state index is 17.4. The van der Waals surface area contributed by atoms with Crippen LogP contribution in [0.4, 0.5) is 24.0 Å². The number of hydrogen-bond donors (Lipinski definition) is 2. The highest BCUT2D eigenvalue weighted by Gasteiger charge is 2.44. The van der Waals surface area contributed by atoms with Gasteiger partial charge in [-0.2, -0.15) is 15.2 Å². The molecular weight excluding hydrogens is 657 g/mol. The summed E-state index contributed by atoms with van der Waals surface area (Å²) < 4.78 is 59.8. The smallest absolute Gasteiger partial charge is 0.319 e. The molecular formula is C34H37F3N8O3S. The van der Waals surface area contributed by atoms with Crippen molar-refractivity contribution in [1.82, 2.24) is 24.8 Å². The van der Waals surface area contributed by atoms with Crippen LogP contribution in [0.1, 0.15) is 49.8 Å². The molecule has 3 saturated heterocycles. The van der Waals surface area contributed by atoms with Gasteiger partial charge in [0.15, 0.2) is 11.6 Å². The average molecular weight is 695 g/mol. The molecule has 15 heteroatoms. The van der Waals surface area contributed by atoms with Crippen molar-refractivity contribution in [2.45, 2.75) is 82.8 Å². The van der Waals surface area contributed by atoms with E-state index in [4.69, 9.17) is 20.2 Å². The summed E-state index contributed by atoms with van der Waals surface area (Å²) in [6.45, 7) is 6.30. The maximum Gasteiger partial charge on any atom is 0.319 e. The van der Waals surface area contributed by atoms with Crippen molar-refractivity contribution in [3.05, 3.63) is 34.5 Å². The van der Waals surface area contributed by atoms with Gasteiger partial charge in [-0.15, -0.1) is 11.3 Å². The molecule has 2 bridgehead atoms. The highest BCUT2D eigenvalue weighted by Crippen LogP contribution is 2.48. The minimum absolute atomic E-state index is 0.0187. The van der Waals surface area contributed by atoms with E-state index in [0.717, 1.165) is 30.4 Å². The zero-order valence-corrected chi connectivity index (χ0v) is 28.2.